The molecule has 2 aromatic carbocycles. The Kier molecular flexibility index (Phi) is 6.50. The summed E-state index contributed by atoms with van der Waals surface area (Å²) in [6.07, 6.45) is 0. The molecule has 26 heavy (non-hydrogen) atoms. The molecule has 0 fully saturated rings. The van der Waals surface area contributed by atoms with Crippen molar-refractivity contribution in [3.05, 3.63) is 65.2 Å². The number of sulfonamides is 1. The molecule has 0 radical (unpaired) electrons. The number of ether oxygens (including phenoxy) is 1. The lowest BCUT2D eigenvalue weighted by Crippen LogP contribution is -2.30. The largest absolute Gasteiger partial charge is 0.457 e. The lowest BCUT2D eigenvalue weighted by Gasteiger charge is -2.18. The van der Waals surface area contributed by atoms with Crippen LogP contribution in [0, 0.1) is 11.3 Å². The fourth-order valence-electron chi connectivity index (χ4n) is 2.48. The Morgan fingerprint density at radius 2 is 1.81 bits per heavy atom. The number of esters is 1. The quantitative estimate of drug-likeness (QED) is 0.697. The molecular weight excluding hydrogens is 352 g/mol. The third-order valence-corrected chi connectivity index (χ3v) is 5.96. The second-order valence-electron chi connectivity index (χ2n) is 5.46. The molecule has 0 aliphatic heterocycles. The fourth-order valence-corrected chi connectivity index (χ4v) is 3.98. The van der Waals surface area contributed by atoms with E-state index >= 15 is 0 Å². The first-order chi connectivity index (χ1) is 12.4. The molecule has 0 aromatic heterocycles. The normalized spacial score (nSPS) is 11.2. The topological polar surface area (TPSA) is 87.5 Å². The van der Waals surface area contributed by atoms with Crippen LogP contribution in [-0.4, -0.2) is 31.8 Å². The van der Waals surface area contributed by atoms with Crippen LogP contribution >= 0.6 is 0 Å². The van der Waals surface area contributed by atoms with Gasteiger partial charge in [-0.15, -0.1) is 0 Å². The second kappa shape index (κ2) is 8.61. The standard InChI is InChI=1S/C19H20N2O4S/c1-3-21(4-2)26(23,24)18-11-7-10-15(12-18)19(22)25-14-17-9-6-5-8-16(17)13-20/h5-12H,3-4,14H2,1-2H3. The Bertz CT molecular complexity index is 929. The Labute approximate surface area is 153 Å². The van der Waals surface area contributed by atoms with Gasteiger partial charge in [-0.2, -0.15) is 9.57 Å². The van der Waals surface area contributed by atoms with E-state index in [0.717, 1.165) is 0 Å². The summed E-state index contributed by atoms with van der Waals surface area (Å²) in [4.78, 5) is 12.3. The van der Waals surface area contributed by atoms with Crippen LogP contribution in [0.4, 0.5) is 0 Å². The van der Waals surface area contributed by atoms with E-state index in [1.54, 1.807) is 38.1 Å². The lowest BCUT2D eigenvalue weighted by molar-refractivity contribution is 0.0472. The van der Waals surface area contributed by atoms with Crippen molar-refractivity contribution >= 4 is 16.0 Å². The molecule has 0 heterocycles. The first kappa shape index (κ1) is 19.6. The molecule has 2 rings (SSSR count). The molecular formula is C19H20N2O4S. The van der Waals surface area contributed by atoms with Gasteiger partial charge in [-0.3, -0.25) is 0 Å². The van der Waals surface area contributed by atoms with E-state index in [1.165, 1.54) is 28.6 Å². The van der Waals surface area contributed by atoms with Crippen molar-refractivity contribution in [1.29, 1.82) is 5.26 Å². The van der Waals surface area contributed by atoms with Crippen molar-refractivity contribution in [1.82, 2.24) is 4.31 Å². The zero-order valence-electron chi connectivity index (χ0n) is 14.7. The first-order valence-corrected chi connectivity index (χ1v) is 9.63. The van der Waals surface area contributed by atoms with Crippen LogP contribution in [0.25, 0.3) is 0 Å². The van der Waals surface area contributed by atoms with Gasteiger partial charge in [-0.05, 0) is 24.3 Å². The number of carbonyl (C=O) groups excluding carboxylic acids is 1. The average molecular weight is 372 g/mol. The van der Waals surface area contributed by atoms with E-state index in [1.807, 2.05) is 6.07 Å². The van der Waals surface area contributed by atoms with Gasteiger partial charge < -0.3 is 4.74 Å². The molecule has 0 N–H and O–H groups in total. The van der Waals surface area contributed by atoms with E-state index in [9.17, 15) is 13.2 Å². The minimum atomic E-state index is -3.65. The summed E-state index contributed by atoms with van der Waals surface area (Å²) in [6, 6.07) is 14.6. The molecule has 0 aliphatic rings. The molecule has 0 spiro atoms. The number of rotatable bonds is 7. The molecule has 6 nitrogen and oxygen atoms in total. The first-order valence-electron chi connectivity index (χ1n) is 8.19. The van der Waals surface area contributed by atoms with Crippen LogP contribution in [0.1, 0.15) is 35.3 Å². The minimum absolute atomic E-state index is 0.0491. The van der Waals surface area contributed by atoms with Gasteiger partial charge in [0.1, 0.15) is 6.61 Å². The molecule has 0 atom stereocenters. The average Bonchev–Trinajstić information content (AvgIpc) is 2.67. The van der Waals surface area contributed by atoms with Crippen molar-refractivity contribution in [3.8, 4) is 6.07 Å². The Morgan fingerprint density at radius 1 is 1.12 bits per heavy atom. The Morgan fingerprint density at radius 3 is 2.46 bits per heavy atom. The SMILES string of the molecule is CCN(CC)S(=O)(=O)c1cccc(C(=O)OCc2ccccc2C#N)c1. The highest BCUT2D eigenvalue weighted by Gasteiger charge is 2.22. The molecule has 0 aliphatic carbocycles. The smallest absolute Gasteiger partial charge is 0.338 e. The van der Waals surface area contributed by atoms with Gasteiger partial charge in [-0.1, -0.05) is 38.1 Å². The van der Waals surface area contributed by atoms with Gasteiger partial charge in [0, 0.05) is 18.7 Å². The summed E-state index contributed by atoms with van der Waals surface area (Å²) >= 11 is 0. The predicted molar refractivity (Wildman–Crippen MR) is 96.8 cm³/mol. The highest BCUT2D eigenvalue weighted by atomic mass is 32.2. The summed E-state index contributed by atoms with van der Waals surface area (Å²) in [5.41, 5.74) is 1.17. The number of nitrogens with zero attached hydrogens (tertiary/aromatic N) is 2. The minimum Gasteiger partial charge on any atom is -0.457 e. The maximum Gasteiger partial charge on any atom is 0.338 e. The molecule has 7 heteroatoms. The summed E-state index contributed by atoms with van der Waals surface area (Å²) in [5, 5.41) is 9.06. The van der Waals surface area contributed by atoms with Gasteiger partial charge in [0.05, 0.1) is 22.1 Å². The molecule has 0 saturated carbocycles. The molecule has 0 amide bonds. The Hall–Kier alpha value is -2.69. The van der Waals surface area contributed by atoms with Crippen LogP contribution in [-0.2, 0) is 21.4 Å². The van der Waals surface area contributed by atoms with Gasteiger partial charge in [-0.25, -0.2) is 13.2 Å². The van der Waals surface area contributed by atoms with Crippen LogP contribution in [0.5, 0.6) is 0 Å². The fraction of sp³-hybridized carbons (Fsp3) is 0.263. The van der Waals surface area contributed by atoms with E-state index in [-0.39, 0.29) is 17.1 Å². The van der Waals surface area contributed by atoms with Crippen molar-refractivity contribution in [2.24, 2.45) is 0 Å². The van der Waals surface area contributed by atoms with Crippen LogP contribution in [0.2, 0.25) is 0 Å². The number of nitriles is 1. The number of benzene rings is 2. The maximum atomic E-state index is 12.6. The highest BCUT2D eigenvalue weighted by Crippen LogP contribution is 2.18. The summed E-state index contributed by atoms with van der Waals surface area (Å²) in [6.45, 7) is 4.14. The van der Waals surface area contributed by atoms with Crippen molar-refractivity contribution in [2.45, 2.75) is 25.3 Å². The Balaban J connectivity index is 2.20. The molecule has 136 valence electrons. The van der Waals surface area contributed by atoms with Crippen LogP contribution < -0.4 is 0 Å². The summed E-state index contributed by atoms with van der Waals surface area (Å²) in [7, 11) is -3.65. The van der Waals surface area contributed by atoms with E-state index in [0.29, 0.717) is 24.2 Å². The third kappa shape index (κ3) is 4.28. The van der Waals surface area contributed by atoms with Crippen LogP contribution in [0.3, 0.4) is 0 Å². The van der Waals surface area contributed by atoms with Crippen molar-refractivity contribution in [2.75, 3.05) is 13.1 Å². The van der Waals surface area contributed by atoms with Crippen molar-refractivity contribution in [3.63, 3.8) is 0 Å². The van der Waals surface area contributed by atoms with Gasteiger partial charge in [0.15, 0.2) is 0 Å². The van der Waals surface area contributed by atoms with Gasteiger partial charge in [0.25, 0.3) is 0 Å². The predicted octanol–water partition coefficient (Wildman–Crippen LogP) is 2.95. The van der Waals surface area contributed by atoms with E-state index in [4.69, 9.17) is 10.00 Å². The molecule has 0 saturated heterocycles. The molecule has 0 unspecified atom stereocenters. The van der Waals surface area contributed by atoms with Gasteiger partial charge >= 0.3 is 5.97 Å². The summed E-state index contributed by atoms with van der Waals surface area (Å²) in [5.74, 6) is -0.644. The van der Waals surface area contributed by atoms with E-state index in [2.05, 4.69) is 0 Å². The maximum absolute atomic E-state index is 12.6. The molecule has 0 bridgehead atoms. The van der Waals surface area contributed by atoms with Crippen LogP contribution in [0.15, 0.2) is 53.4 Å². The summed E-state index contributed by atoms with van der Waals surface area (Å²) < 4.78 is 31.7. The zero-order chi connectivity index (χ0) is 19.2. The zero-order valence-corrected chi connectivity index (χ0v) is 15.5. The highest BCUT2D eigenvalue weighted by molar-refractivity contribution is 7.89. The van der Waals surface area contributed by atoms with Crippen molar-refractivity contribution < 1.29 is 17.9 Å². The molecule has 2 aromatic rings. The number of hydrogen-bond donors (Lipinski definition) is 0. The second-order valence-corrected chi connectivity index (χ2v) is 7.40. The third-order valence-electron chi connectivity index (χ3n) is 3.91. The monoisotopic (exact) mass is 372 g/mol. The van der Waals surface area contributed by atoms with Gasteiger partial charge in [0.2, 0.25) is 10.0 Å². The number of hydrogen-bond acceptors (Lipinski definition) is 5. The number of carbonyl (C=O) groups is 1. The lowest BCUT2D eigenvalue weighted by atomic mass is 10.1. The van der Waals surface area contributed by atoms with E-state index < -0.39 is 16.0 Å².